The van der Waals surface area contributed by atoms with Crippen LogP contribution in [-0.4, -0.2) is 24.2 Å². The third-order valence-electron chi connectivity index (χ3n) is 5.21. The van der Waals surface area contributed by atoms with Crippen LogP contribution >= 0.6 is 0 Å². The number of hydrogen-bond acceptors (Lipinski definition) is 4. The molecule has 1 heterocycles. The molecule has 0 atom stereocenters. The SMILES string of the molecule is C/C(C=N)=C/NC(C)(C)C(=O)Nc1ccc(C(F)(F)F)cc1N1CCc2ccccc21. The third kappa shape index (κ3) is 4.90. The molecule has 164 valence electrons. The molecule has 5 nitrogen and oxygen atoms in total. The van der Waals surface area contributed by atoms with Gasteiger partial charge in [0.15, 0.2) is 0 Å². The minimum atomic E-state index is -4.49. The Morgan fingerprint density at radius 2 is 1.84 bits per heavy atom. The number of nitrogens with one attached hydrogen (secondary N) is 3. The molecule has 0 saturated carbocycles. The summed E-state index contributed by atoms with van der Waals surface area (Å²) in [5.41, 5.74) is 1.29. The van der Waals surface area contributed by atoms with Gasteiger partial charge >= 0.3 is 6.18 Å². The van der Waals surface area contributed by atoms with E-state index in [2.05, 4.69) is 10.6 Å². The minimum absolute atomic E-state index is 0.301. The Balaban J connectivity index is 1.97. The Labute approximate surface area is 179 Å². The maximum Gasteiger partial charge on any atom is 0.416 e. The summed E-state index contributed by atoms with van der Waals surface area (Å²) in [6.45, 7) is 5.55. The minimum Gasteiger partial charge on any atom is -0.377 e. The summed E-state index contributed by atoms with van der Waals surface area (Å²) in [5, 5.41) is 13.0. The molecule has 0 bridgehead atoms. The average molecular weight is 430 g/mol. The topological polar surface area (TPSA) is 68.2 Å². The van der Waals surface area contributed by atoms with Gasteiger partial charge in [0.25, 0.3) is 0 Å². The van der Waals surface area contributed by atoms with E-state index >= 15 is 0 Å². The van der Waals surface area contributed by atoms with Crippen LogP contribution in [0.5, 0.6) is 0 Å². The van der Waals surface area contributed by atoms with Gasteiger partial charge in [0, 0.05) is 24.6 Å². The highest BCUT2D eigenvalue weighted by molar-refractivity contribution is 6.01. The lowest BCUT2D eigenvalue weighted by molar-refractivity contribution is -0.137. The molecule has 0 spiro atoms. The van der Waals surface area contributed by atoms with Crippen molar-refractivity contribution in [3.63, 3.8) is 0 Å². The molecule has 3 rings (SSSR count). The van der Waals surface area contributed by atoms with Gasteiger partial charge in [-0.25, -0.2) is 0 Å². The molecule has 0 fully saturated rings. The first-order chi connectivity index (χ1) is 14.5. The van der Waals surface area contributed by atoms with Crippen LogP contribution in [-0.2, 0) is 17.4 Å². The van der Waals surface area contributed by atoms with Gasteiger partial charge in [-0.05, 0) is 62.6 Å². The number of nitrogens with zero attached hydrogens (tertiary/aromatic N) is 1. The fraction of sp³-hybridized carbons (Fsp3) is 0.304. The highest BCUT2D eigenvalue weighted by Crippen LogP contribution is 2.41. The van der Waals surface area contributed by atoms with Crippen molar-refractivity contribution in [1.82, 2.24) is 5.32 Å². The van der Waals surface area contributed by atoms with Gasteiger partial charge in [-0.2, -0.15) is 13.2 Å². The van der Waals surface area contributed by atoms with E-state index in [9.17, 15) is 18.0 Å². The van der Waals surface area contributed by atoms with Crippen molar-refractivity contribution in [3.05, 3.63) is 65.4 Å². The molecule has 1 amide bonds. The zero-order chi connectivity index (χ0) is 22.8. The van der Waals surface area contributed by atoms with Gasteiger partial charge in [-0.1, -0.05) is 18.2 Å². The van der Waals surface area contributed by atoms with Crippen molar-refractivity contribution < 1.29 is 18.0 Å². The van der Waals surface area contributed by atoms with E-state index < -0.39 is 23.2 Å². The van der Waals surface area contributed by atoms with Crippen LogP contribution in [0, 0.1) is 5.41 Å². The Hall–Kier alpha value is -3.29. The van der Waals surface area contributed by atoms with Crippen molar-refractivity contribution in [2.45, 2.75) is 38.9 Å². The zero-order valence-electron chi connectivity index (χ0n) is 17.6. The number of rotatable bonds is 6. The van der Waals surface area contributed by atoms with E-state index in [1.165, 1.54) is 6.07 Å². The van der Waals surface area contributed by atoms with Crippen molar-refractivity contribution in [2.75, 3.05) is 16.8 Å². The maximum absolute atomic E-state index is 13.4. The molecule has 2 aromatic carbocycles. The fourth-order valence-corrected chi connectivity index (χ4v) is 3.31. The Bertz CT molecular complexity index is 1030. The first-order valence-corrected chi connectivity index (χ1v) is 9.86. The number of carbonyl (C=O) groups excluding carboxylic acids is 1. The number of halogens is 3. The van der Waals surface area contributed by atoms with E-state index in [0.717, 1.165) is 29.6 Å². The number of fused-ring (bicyclic) bond motifs is 1. The summed E-state index contributed by atoms with van der Waals surface area (Å²) >= 11 is 0. The molecular weight excluding hydrogens is 405 g/mol. The Morgan fingerprint density at radius 3 is 2.52 bits per heavy atom. The van der Waals surface area contributed by atoms with Crippen molar-refractivity contribution >= 4 is 29.2 Å². The second-order valence-electron chi connectivity index (χ2n) is 8.02. The first-order valence-electron chi connectivity index (χ1n) is 9.86. The van der Waals surface area contributed by atoms with Gasteiger partial charge < -0.3 is 20.9 Å². The molecule has 1 aliphatic rings. The molecule has 1 aliphatic heterocycles. The average Bonchev–Trinajstić information content (AvgIpc) is 3.15. The molecule has 0 radical (unpaired) electrons. The lowest BCUT2D eigenvalue weighted by Gasteiger charge is -2.28. The predicted molar refractivity (Wildman–Crippen MR) is 117 cm³/mol. The molecule has 8 heteroatoms. The summed E-state index contributed by atoms with van der Waals surface area (Å²) in [4.78, 5) is 14.7. The first kappa shape index (κ1) is 22.4. The molecule has 0 saturated heterocycles. The van der Waals surface area contributed by atoms with Crippen LogP contribution in [0.15, 0.2) is 54.2 Å². The number of alkyl halides is 3. The number of para-hydroxylation sites is 1. The molecule has 2 aromatic rings. The highest BCUT2D eigenvalue weighted by atomic mass is 19.4. The molecule has 0 aliphatic carbocycles. The normalized spacial score (nSPS) is 14.3. The number of hydrogen-bond donors (Lipinski definition) is 3. The van der Waals surface area contributed by atoms with Crippen LogP contribution in [0.25, 0.3) is 0 Å². The number of amides is 1. The monoisotopic (exact) mass is 430 g/mol. The smallest absolute Gasteiger partial charge is 0.377 e. The van der Waals surface area contributed by atoms with Crippen LogP contribution in [0.3, 0.4) is 0 Å². The fourth-order valence-electron chi connectivity index (χ4n) is 3.31. The number of benzene rings is 2. The highest BCUT2D eigenvalue weighted by Gasteiger charge is 2.34. The predicted octanol–water partition coefficient (Wildman–Crippen LogP) is 5.26. The molecule has 0 aromatic heterocycles. The van der Waals surface area contributed by atoms with E-state index in [-0.39, 0.29) is 0 Å². The van der Waals surface area contributed by atoms with Gasteiger partial charge in [0.05, 0.1) is 16.9 Å². The number of carbonyl (C=O) groups is 1. The molecule has 0 unspecified atom stereocenters. The van der Waals surface area contributed by atoms with E-state index in [1.54, 1.807) is 31.9 Å². The Morgan fingerprint density at radius 1 is 1.13 bits per heavy atom. The van der Waals surface area contributed by atoms with Crippen molar-refractivity contribution in [1.29, 1.82) is 5.41 Å². The Kier molecular flexibility index (Phi) is 6.10. The lowest BCUT2D eigenvalue weighted by atomic mass is 10.0. The number of allylic oxidation sites excluding steroid dienone is 1. The maximum atomic E-state index is 13.4. The van der Waals surface area contributed by atoms with Crippen molar-refractivity contribution in [3.8, 4) is 0 Å². The summed E-state index contributed by atoms with van der Waals surface area (Å²) in [7, 11) is 0. The van der Waals surface area contributed by atoms with Crippen LogP contribution < -0.4 is 15.5 Å². The van der Waals surface area contributed by atoms with Gasteiger partial charge in [0.2, 0.25) is 5.91 Å². The molecule has 3 N–H and O–H groups in total. The van der Waals surface area contributed by atoms with Crippen LogP contribution in [0.2, 0.25) is 0 Å². The number of anilines is 3. The van der Waals surface area contributed by atoms with E-state index in [1.807, 2.05) is 24.3 Å². The van der Waals surface area contributed by atoms with Crippen LogP contribution in [0.4, 0.5) is 30.2 Å². The van der Waals surface area contributed by atoms with Crippen molar-refractivity contribution in [2.24, 2.45) is 0 Å². The summed E-state index contributed by atoms with van der Waals surface area (Å²) in [6.07, 6.45) is -1.08. The summed E-state index contributed by atoms with van der Waals surface area (Å²) in [5.74, 6) is -0.407. The standard InChI is InChI=1S/C23H25F3N4O/c1-15(13-27)14-28-22(2,3)21(31)29-18-9-8-17(23(24,25)26)12-20(18)30-11-10-16-6-4-5-7-19(16)30/h4-9,12-14,27-28H,10-11H2,1-3H3,(H,29,31)/b15-14-,27-13?. The van der Waals surface area contributed by atoms with Gasteiger partial charge in [0.1, 0.15) is 5.54 Å². The second-order valence-corrected chi connectivity index (χ2v) is 8.02. The summed E-state index contributed by atoms with van der Waals surface area (Å²) in [6, 6.07) is 10.9. The largest absolute Gasteiger partial charge is 0.416 e. The van der Waals surface area contributed by atoms with Gasteiger partial charge in [-0.3, -0.25) is 4.79 Å². The lowest BCUT2D eigenvalue weighted by Crippen LogP contribution is -2.47. The second kappa shape index (κ2) is 8.45. The quantitative estimate of drug-likeness (QED) is 0.548. The van der Waals surface area contributed by atoms with Crippen LogP contribution in [0.1, 0.15) is 31.9 Å². The van der Waals surface area contributed by atoms with Gasteiger partial charge in [-0.15, -0.1) is 0 Å². The van der Waals surface area contributed by atoms with E-state index in [4.69, 9.17) is 5.41 Å². The molecule has 31 heavy (non-hydrogen) atoms. The summed E-state index contributed by atoms with van der Waals surface area (Å²) < 4.78 is 40.2. The third-order valence-corrected chi connectivity index (χ3v) is 5.21. The molecular formula is C23H25F3N4O. The zero-order valence-corrected chi connectivity index (χ0v) is 17.6. The van der Waals surface area contributed by atoms with E-state index in [0.29, 0.717) is 29.9 Å².